The average molecular weight is 305 g/mol. The highest BCUT2D eigenvalue weighted by molar-refractivity contribution is 5.68. The Hall–Kier alpha value is -1.55. The van der Waals surface area contributed by atoms with Crippen LogP contribution >= 0.6 is 0 Å². The summed E-state index contributed by atoms with van der Waals surface area (Å²) in [5.41, 5.74) is 2.05. The van der Waals surface area contributed by atoms with Gasteiger partial charge in [0.25, 0.3) is 0 Å². The van der Waals surface area contributed by atoms with Crippen molar-refractivity contribution < 1.29 is 14.6 Å². The molecule has 1 aliphatic heterocycles. The van der Waals surface area contributed by atoms with Crippen LogP contribution in [0.15, 0.2) is 24.3 Å². The van der Waals surface area contributed by atoms with E-state index in [0.29, 0.717) is 12.3 Å². The van der Waals surface area contributed by atoms with E-state index in [1.807, 2.05) is 20.8 Å². The molecule has 1 amide bonds. The molecule has 0 unspecified atom stereocenters. The van der Waals surface area contributed by atoms with Crippen LogP contribution in [0.3, 0.4) is 0 Å². The normalized spacial score (nSPS) is 16.6. The number of ether oxygens (including phenoxy) is 1. The van der Waals surface area contributed by atoms with Gasteiger partial charge in [0.05, 0.1) is 0 Å². The lowest BCUT2D eigenvalue weighted by Gasteiger charge is -2.33. The van der Waals surface area contributed by atoms with Gasteiger partial charge in [-0.05, 0) is 57.1 Å². The van der Waals surface area contributed by atoms with E-state index in [-0.39, 0.29) is 12.7 Å². The number of hydrogen-bond donors (Lipinski definition) is 1. The molecule has 1 aromatic rings. The first-order valence-electron chi connectivity index (χ1n) is 8.06. The minimum Gasteiger partial charge on any atom is -0.444 e. The molecule has 0 atom stereocenters. The van der Waals surface area contributed by atoms with Gasteiger partial charge in [-0.15, -0.1) is 0 Å². The molecule has 1 fully saturated rings. The number of nitrogens with zero attached hydrogens (tertiary/aromatic N) is 1. The minimum absolute atomic E-state index is 0.181. The molecular weight excluding hydrogens is 278 g/mol. The first-order valence-corrected chi connectivity index (χ1v) is 8.06. The zero-order chi connectivity index (χ0) is 16.2. The van der Waals surface area contributed by atoms with Crippen LogP contribution in [-0.4, -0.2) is 41.4 Å². The van der Waals surface area contributed by atoms with Crippen molar-refractivity contribution in [2.75, 3.05) is 19.7 Å². The van der Waals surface area contributed by atoms with E-state index < -0.39 is 5.60 Å². The molecule has 2 rings (SSSR count). The third-order valence-electron chi connectivity index (χ3n) is 3.97. The summed E-state index contributed by atoms with van der Waals surface area (Å²) >= 11 is 0. The van der Waals surface area contributed by atoms with Gasteiger partial charge in [-0.25, -0.2) is 4.79 Å². The molecule has 4 heteroatoms. The number of aliphatic hydroxyl groups is 1. The van der Waals surface area contributed by atoms with Gasteiger partial charge in [0.15, 0.2) is 0 Å². The van der Waals surface area contributed by atoms with Crippen molar-refractivity contribution in [3.05, 3.63) is 35.4 Å². The zero-order valence-corrected chi connectivity index (χ0v) is 13.8. The Morgan fingerprint density at radius 2 is 2.00 bits per heavy atom. The molecule has 0 bridgehead atoms. The molecule has 0 aromatic heterocycles. The van der Waals surface area contributed by atoms with Crippen LogP contribution in [-0.2, 0) is 11.2 Å². The van der Waals surface area contributed by atoms with E-state index in [9.17, 15) is 4.79 Å². The van der Waals surface area contributed by atoms with Crippen LogP contribution < -0.4 is 0 Å². The third-order valence-corrected chi connectivity index (χ3v) is 3.97. The monoisotopic (exact) mass is 305 g/mol. The highest BCUT2D eigenvalue weighted by Crippen LogP contribution is 2.29. The molecule has 0 radical (unpaired) electrons. The largest absolute Gasteiger partial charge is 0.444 e. The summed E-state index contributed by atoms with van der Waals surface area (Å²) in [7, 11) is 0. The predicted octanol–water partition coefficient (Wildman–Crippen LogP) is 3.34. The van der Waals surface area contributed by atoms with Crippen molar-refractivity contribution >= 4 is 6.09 Å². The average Bonchev–Trinajstić information content (AvgIpc) is 2.46. The SMILES string of the molecule is CC(C)(C)OC(=O)N1CCC(c2cccc(CCO)c2)CC1. The maximum absolute atomic E-state index is 12.1. The zero-order valence-electron chi connectivity index (χ0n) is 13.8. The Balaban J connectivity index is 1.92. The summed E-state index contributed by atoms with van der Waals surface area (Å²) in [6.07, 6.45) is 2.41. The van der Waals surface area contributed by atoms with Crippen molar-refractivity contribution in [2.45, 2.75) is 51.6 Å². The van der Waals surface area contributed by atoms with E-state index >= 15 is 0 Å². The standard InChI is InChI=1S/C18H27NO3/c1-18(2,3)22-17(21)19-10-7-15(8-11-19)16-6-4-5-14(13-16)9-12-20/h4-6,13,15,20H,7-12H2,1-3H3. The molecule has 1 heterocycles. The Morgan fingerprint density at radius 1 is 1.32 bits per heavy atom. The number of amides is 1. The molecule has 122 valence electrons. The van der Waals surface area contributed by atoms with E-state index in [4.69, 9.17) is 9.84 Å². The maximum Gasteiger partial charge on any atom is 0.410 e. The number of rotatable bonds is 3. The molecular formula is C18H27NO3. The van der Waals surface area contributed by atoms with E-state index in [1.165, 1.54) is 11.1 Å². The van der Waals surface area contributed by atoms with Gasteiger partial charge >= 0.3 is 6.09 Å². The summed E-state index contributed by atoms with van der Waals surface area (Å²) < 4.78 is 5.43. The van der Waals surface area contributed by atoms with Crippen molar-refractivity contribution in [3.63, 3.8) is 0 Å². The Kier molecular flexibility index (Phi) is 5.46. The number of carbonyl (C=O) groups is 1. The molecule has 0 spiro atoms. The topological polar surface area (TPSA) is 49.8 Å². The quantitative estimate of drug-likeness (QED) is 0.932. The van der Waals surface area contributed by atoms with Crippen LogP contribution in [0.25, 0.3) is 0 Å². The first kappa shape index (κ1) is 16.8. The molecule has 22 heavy (non-hydrogen) atoms. The van der Waals surface area contributed by atoms with Gasteiger partial charge in [0, 0.05) is 19.7 Å². The van der Waals surface area contributed by atoms with Gasteiger partial charge in [0.2, 0.25) is 0 Å². The lowest BCUT2D eigenvalue weighted by atomic mass is 9.88. The van der Waals surface area contributed by atoms with Gasteiger partial charge in [0.1, 0.15) is 5.60 Å². The van der Waals surface area contributed by atoms with Crippen molar-refractivity contribution in [1.29, 1.82) is 0 Å². The third kappa shape index (κ3) is 4.73. The van der Waals surface area contributed by atoms with E-state index in [1.54, 1.807) is 4.90 Å². The van der Waals surface area contributed by atoms with Crippen molar-refractivity contribution in [2.24, 2.45) is 0 Å². The fourth-order valence-electron chi connectivity index (χ4n) is 2.85. The second kappa shape index (κ2) is 7.14. The molecule has 0 saturated carbocycles. The fourth-order valence-corrected chi connectivity index (χ4v) is 2.85. The van der Waals surface area contributed by atoms with Gasteiger partial charge < -0.3 is 14.7 Å². The number of piperidine rings is 1. The van der Waals surface area contributed by atoms with Crippen LogP contribution in [0.4, 0.5) is 4.79 Å². The number of aliphatic hydroxyl groups excluding tert-OH is 1. The molecule has 1 aromatic carbocycles. The smallest absolute Gasteiger partial charge is 0.410 e. The highest BCUT2D eigenvalue weighted by atomic mass is 16.6. The summed E-state index contributed by atoms with van der Waals surface area (Å²) in [5, 5.41) is 9.05. The number of benzene rings is 1. The molecule has 1 aliphatic rings. The Labute approximate surface area is 133 Å². The summed E-state index contributed by atoms with van der Waals surface area (Å²) in [4.78, 5) is 13.9. The first-order chi connectivity index (χ1) is 10.4. The maximum atomic E-state index is 12.1. The summed E-state index contributed by atoms with van der Waals surface area (Å²) in [6, 6.07) is 8.44. The van der Waals surface area contributed by atoms with Crippen LogP contribution in [0, 0.1) is 0 Å². The second-order valence-electron chi connectivity index (χ2n) is 6.96. The summed E-state index contributed by atoms with van der Waals surface area (Å²) in [5.74, 6) is 0.484. The Bertz CT molecular complexity index is 499. The number of hydrogen-bond acceptors (Lipinski definition) is 3. The van der Waals surface area contributed by atoms with Crippen LogP contribution in [0.1, 0.15) is 50.7 Å². The molecule has 4 nitrogen and oxygen atoms in total. The molecule has 1 saturated heterocycles. The fraction of sp³-hybridized carbons (Fsp3) is 0.611. The lowest BCUT2D eigenvalue weighted by Crippen LogP contribution is -2.41. The van der Waals surface area contributed by atoms with E-state index in [2.05, 4.69) is 24.3 Å². The lowest BCUT2D eigenvalue weighted by molar-refractivity contribution is 0.0205. The highest BCUT2D eigenvalue weighted by Gasteiger charge is 2.27. The van der Waals surface area contributed by atoms with Crippen LogP contribution in [0.5, 0.6) is 0 Å². The molecule has 1 N–H and O–H groups in total. The van der Waals surface area contributed by atoms with Crippen molar-refractivity contribution in [1.82, 2.24) is 4.90 Å². The van der Waals surface area contributed by atoms with Gasteiger partial charge in [-0.2, -0.15) is 0 Å². The predicted molar refractivity (Wildman–Crippen MR) is 87.0 cm³/mol. The molecule has 0 aliphatic carbocycles. The van der Waals surface area contributed by atoms with Gasteiger partial charge in [-0.3, -0.25) is 0 Å². The Morgan fingerprint density at radius 3 is 2.59 bits per heavy atom. The number of likely N-dealkylation sites (tertiary alicyclic amines) is 1. The van der Waals surface area contributed by atoms with Crippen molar-refractivity contribution in [3.8, 4) is 0 Å². The second-order valence-corrected chi connectivity index (χ2v) is 6.96. The number of carbonyl (C=O) groups excluding carboxylic acids is 1. The van der Waals surface area contributed by atoms with Gasteiger partial charge in [-0.1, -0.05) is 24.3 Å². The van der Waals surface area contributed by atoms with Crippen LogP contribution in [0.2, 0.25) is 0 Å². The summed E-state index contributed by atoms with van der Waals surface area (Å²) in [6.45, 7) is 7.34. The minimum atomic E-state index is -0.438. The van der Waals surface area contributed by atoms with E-state index in [0.717, 1.165) is 25.9 Å².